The van der Waals surface area contributed by atoms with Crippen LogP contribution in [0.25, 0.3) is 0 Å². The number of benzene rings is 1. The van der Waals surface area contributed by atoms with Crippen molar-refractivity contribution in [3.63, 3.8) is 0 Å². The predicted molar refractivity (Wildman–Crippen MR) is 87.9 cm³/mol. The molecular weight excluding hydrogens is 307 g/mol. The van der Waals surface area contributed by atoms with E-state index in [1.807, 2.05) is 24.3 Å². The summed E-state index contributed by atoms with van der Waals surface area (Å²) < 4.78 is 0. The first kappa shape index (κ1) is 16.6. The van der Waals surface area contributed by atoms with Gasteiger partial charge in [0.25, 0.3) is 0 Å². The molecule has 0 spiro atoms. The van der Waals surface area contributed by atoms with E-state index in [4.69, 9.17) is 11.6 Å². The van der Waals surface area contributed by atoms with Crippen molar-refractivity contribution in [2.75, 3.05) is 6.54 Å². The molecule has 3 rings (SSSR count). The Bertz CT molecular complexity index is 468. The van der Waals surface area contributed by atoms with Crippen LogP contribution >= 0.6 is 24.0 Å². The van der Waals surface area contributed by atoms with E-state index in [0.29, 0.717) is 31.0 Å². The van der Waals surface area contributed by atoms with Gasteiger partial charge < -0.3 is 10.2 Å². The van der Waals surface area contributed by atoms with E-state index in [1.54, 1.807) is 0 Å². The topological polar surface area (TPSA) is 32.3 Å². The Labute approximate surface area is 137 Å². The van der Waals surface area contributed by atoms with Crippen LogP contribution in [0.15, 0.2) is 24.3 Å². The minimum Gasteiger partial charge on any atom is -0.335 e. The van der Waals surface area contributed by atoms with Crippen LogP contribution in [-0.2, 0) is 11.3 Å². The van der Waals surface area contributed by atoms with Crippen molar-refractivity contribution in [3.05, 3.63) is 34.9 Å². The number of nitrogens with zero attached hydrogens (tertiary/aromatic N) is 1. The number of nitrogens with one attached hydrogen (secondary N) is 1. The summed E-state index contributed by atoms with van der Waals surface area (Å²) >= 11 is 5.91. The van der Waals surface area contributed by atoms with Gasteiger partial charge in [0, 0.05) is 30.1 Å². The van der Waals surface area contributed by atoms with E-state index >= 15 is 0 Å². The monoisotopic (exact) mass is 328 g/mol. The summed E-state index contributed by atoms with van der Waals surface area (Å²) in [7, 11) is 0. The van der Waals surface area contributed by atoms with Crippen LogP contribution in [0.3, 0.4) is 0 Å². The lowest BCUT2D eigenvalue weighted by Gasteiger charge is -2.24. The molecule has 1 aliphatic carbocycles. The number of rotatable bonds is 5. The van der Waals surface area contributed by atoms with E-state index in [0.717, 1.165) is 36.4 Å². The Kier molecular flexibility index (Phi) is 5.91. The molecule has 1 aliphatic heterocycles. The first-order chi connectivity index (χ1) is 9.72. The van der Waals surface area contributed by atoms with Gasteiger partial charge in [-0.3, -0.25) is 4.79 Å². The van der Waals surface area contributed by atoms with E-state index in [1.165, 1.54) is 6.42 Å². The average molecular weight is 329 g/mol. The molecule has 1 unspecified atom stereocenters. The fraction of sp³-hybridized carbons (Fsp3) is 0.562. The van der Waals surface area contributed by atoms with Gasteiger partial charge in [-0.05, 0) is 49.9 Å². The van der Waals surface area contributed by atoms with Crippen molar-refractivity contribution in [1.82, 2.24) is 10.2 Å². The molecule has 1 aromatic carbocycles. The molecule has 3 nitrogen and oxygen atoms in total. The number of carbonyl (C=O) groups is 1. The molecule has 21 heavy (non-hydrogen) atoms. The Morgan fingerprint density at radius 3 is 2.52 bits per heavy atom. The highest BCUT2D eigenvalue weighted by Gasteiger charge is 2.33. The fourth-order valence-electron chi connectivity index (χ4n) is 2.85. The summed E-state index contributed by atoms with van der Waals surface area (Å²) in [6.07, 6.45) is 5.27. The van der Waals surface area contributed by atoms with Crippen molar-refractivity contribution in [2.45, 2.75) is 50.7 Å². The van der Waals surface area contributed by atoms with Crippen LogP contribution in [0.1, 0.15) is 37.7 Å². The quantitative estimate of drug-likeness (QED) is 0.898. The summed E-state index contributed by atoms with van der Waals surface area (Å²) in [4.78, 5) is 14.6. The van der Waals surface area contributed by atoms with E-state index in [9.17, 15) is 4.79 Å². The molecule has 2 fully saturated rings. The normalized spacial score (nSPS) is 20.9. The van der Waals surface area contributed by atoms with Gasteiger partial charge in [0.2, 0.25) is 5.91 Å². The Morgan fingerprint density at radius 2 is 1.95 bits per heavy atom. The number of halogens is 2. The minimum absolute atomic E-state index is 0. The van der Waals surface area contributed by atoms with Crippen molar-refractivity contribution < 1.29 is 4.79 Å². The van der Waals surface area contributed by atoms with Crippen molar-refractivity contribution >= 4 is 29.9 Å². The zero-order valence-electron chi connectivity index (χ0n) is 12.1. The molecule has 1 N–H and O–H groups in total. The summed E-state index contributed by atoms with van der Waals surface area (Å²) in [5, 5.41) is 4.15. The van der Waals surface area contributed by atoms with Gasteiger partial charge in [-0.1, -0.05) is 23.7 Å². The summed E-state index contributed by atoms with van der Waals surface area (Å²) in [6.45, 7) is 1.77. The predicted octanol–water partition coefficient (Wildman–Crippen LogP) is 3.39. The molecule has 2 aliphatic rings. The highest BCUT2D eigenvalue weighted by Crippen LogP contribution is 2.29. The summed E-state index contributed by atoms with van der Waals surface area (Å²) in [5.74, 6) is 0.293. The number of hydrogen-bond acceptors (Lipinski definition) is 2. The summed E-state index contributed by atoms with van der Waals surface area (Å²) in [6, 6.07) is 8.65. The van der Waals surface area contributed by atoms with Crippen LogP contribution in [0.4, 0.5) is 0 Å². The third kappa shape index (κ3) is 4.60. The number of carbonyl (C=O) groups excluding carboxylic acids is 1. The molecule has 0 bridgehead atoms. The lowest BCUT2D eigenvalue weighted by molar-refractivity contribution is -0.132. The van der Waals surface area contributed by atoms with Crippen LogP contribution in [-0.4, -0.2) is 29.4 Å². The molecule has 0 aromatic heterocycles. The van der Waals surface area contributed by atoms with E-state index in [2.05, 4.69) is 10.2 Å². The molecule has 1 heterocycles. The lowest BCUT2D eigenvalue weighted by Crippen LogP contribution is -2.37. The van der Waals surface area contributed by atoms with Crippen LogP contribution in [0.2, 0.25) is 5.02 Å². The molecule has 1 atom stereocenters. The van der Waals surface area contributed by atoms with Gasteiger partial charge in [-0.25, -0.2) is 0 Å². The molecule has 1 saturated carbocycles. The molecule has 5 heteroatoms. The van der Waals surface area contributed by atoms with Gasteiger partial charge >= 0.3 is 0 Å². The average Bonchev–Trinajstić information content (AvgIpc) is 3.15. The maximum atomic E-state index is 12.5. The highest BCUT2D eigenvalue weighted by atomic mass is 35.5. The van der Waals surface area contributed by atoms with E-state index in [-0.39, 0.29) is 12.4 Å². The van der Waals surface area contributed by atoms with Gasteiger partial charge in [0.05, 0.1) is 0 Å². The van der Waals surface area contributed by atoms with Gasteiger partial charge in [0.15, 0.2) is 0 Å². The zero-order chi connectivity index (χ0) is 13.9. The SMILES string of the molecule is Cl.O=C(CC1CCCN1)N(Cc1ccc(Cl)cc1)C1CC1. The molecule has 1 amide bonds. The second-order valence-electron chi connectivity index (χ2n) is 5.88. The Hall–Kier alpha value is -0.770. The van der Waals surface area contributed by atoms with Gasteiger partial charge in [-0.2, -0.15) is 0 Å². The van der Waals surface area contributed by atoms with Crippen molar-refractivity contribution in [2.24, 2.45) is 0 Å². The molecule has 0 radical (unpaired) electrons. The largest absolute Gasteiger partial charge is 0.335 e. The highest BCUT2D eigenvalue weighted by molar-refractivity contribution is 6.30. The zero-order valence-corrected chi connectivity index (χ0v) is 13.6. The molecule has 1 saturated heterocycles. The lowest BCUT2D eigenvalue weighted by atomic mass is 10.1. The van der Waals surface area contributed by atoms with Crippen LogP contribution < -0.4 is 5.32 Å². The Balaban J connectivity index is 0.00000161. The number of amides is 1. The maximum absolute atomic E-state index is 12.5. The third-order valence-corrected chi connectivity index (χ3v) is 4.41. The number of hydrogen-bond donors (Lipinski definition) is 1. The molecular formula is C16H22Cl2N2O. The first-order valence-corrected chi connectivity index (χ1v) is 7.87. The Morgan fingerprint density at radius 1 is 1.24 bits per heavy atom. The van der Waals surface area contributed by atoms with E-state index < -0.39 is 0 Å². The maximum Gasteiger partial charge on any atom is 0.224 e. The smallest absolute Gasteiger partial charge is 0.224 e. The van der Waals surface area contributed by atoms with Crippen molar-refractivity contribution in [1.29, 1.82) is 0 Å². The molecule has 116 valence electrons. The van der Waals surface area contributed by atoms with Crippen LogP contribution in [0, 0.1) is 0 Å². The minimum atomic E-state index is 0. The summed E-state index contributed by atoms with van der Waals surface area (Å²) in [5.41, 5.74) is 1.16. The first-order valence-electron chi connectivity index (χ1n) is 7.49. The second-order valence-corrected chi connectivity index (χ2v) is 6.31. The molecule has 1 aromatic rings. The van der Waals surface area contributed by atoms with Gasteiger partial charge in [0.1, 0.15) is 0 Å². The third-order valence-electron chi connectivity index (χ3n) is 4.16. The fourth-order valence-corrected chi connectivity index (χ4v) is 2.98. The van der Waals surface area contributed by atoms with Crippen LogP contribution in [0.5, 0.6) is 0 Å². The van der Waals surface area contributed by atoms with Gasteiger partial charge in [-0.15, -0.1) is 12.4 Å². The second kappa shape index (κ2) is 7.48. The van der Waals surface area contributed by atoms with Crippen molar-refractivity contribution in [3.8, 4) is 0 Å². The standard InChI is InChI=1S/C16H21ClN2O.ClH/c17-13-5-3-12(4-6-13)11-19(15-7-8-15)16(20)10-14-2-1-9-18-14;/h3-6,14-15,18H,1-2,7-11H2;1H.